The summed E-state index contributed by atoms with van der Waals surface area (Å²) >= 11 is 0.837. The fraction of sp³-hybridized carbons (Fsp3) is 0.273. The van der Waals surface area contributed by atoms with Crippen LogP contribution in [0.3, 0.4) is 0 Å². The summed E-state index contributed by atoms with van der Waals surface area (Å²) in [6.45, 7) is 1.36. The first kappa shape index (κ1) is 24.7. The van der Waals surface area contributed by atoms with Crippen molar-refractivity contribution in [2.24, 2.45) is 0 Å². The zero-order chi connectivity index (χ0) is 24.6. The molecular formula is C22H15F6NO3S. The molecule has 0 spiro atoms. The molecule has 1 aliphatic heterocycles. The van der Waals surface area contributed by atoms with Crippen LogP contribution < -0.4 is 4.90 Å². The minimum Gasteiger partial charge on any atom is -0.369 e. The summed E-state index contributed by atoms with van der Waals surface area (Å²) in [4.78, 5) is 26.4. The summed E-state index contributed by atoms with van der Waals surface area (Å²) in [5, 5.41) is 8.99. The van der Waals surface area contributed by atoms with Gasteiger partial charge >= 0.3 is 12.4 Å². The van der Waals surface area contributed by atoms with Gasteiger partial charge in [-0.15, -0.1) is 17.7 Å². The molecule has 1 heterocycles. The van der Waals surface area contributed by atoms with E-state index in [0.29, 0.717) is 12.1 Å². The van der Waals surface area contributed by atoms with Crippen LogP contribution in [0.2, 0.25) is 0 Å². The van der Waals surface area contributed by atoms with Crippen LogP contribution in [0.1, 0.15) is 22.8 Å². The second kappa shape index (κ2) is 8.76. The second-order valence-electron chi connectivity index (χ2n) is 7.00. The number of halogens is 6. The van der Waals surface area contributed by atoms with Gasteiger partial charge in [-0.2, -0.15) is 26.3 Å². The molecule has 11 heteroatoms. The molecule has 1 atom stereocenters. The summed E-state index contributed by atoms with van der Waals surface area (Å²) in [5.74, 6) is 3.37. The quantitative estimate of drug-likeness (QED) is 0.295. The van der Waals surface area contributed by atoms with Crippen LogP contribution in [-0.4, -0.2) is 40.9 Å². The fourth-order valence-corrected chi connectivity index (χ4v) is 4.46. The Labute approximate surface area is 188 Å². The van der Waals surface area contributed by atoms with Crippen molar-refractivity contribution in [2.75, 3.05) is 11.4 Å². The third-order valence-electron chi connectivity index (χ3n) is 4.89. The maximum absolute atomic E-state index is 13.3. The first-order valence-corrected chi connectivity index (χ1v) is 10.2. The molecule has 4 nitrogen and oxygen atoms in total. The maximum atomic E-state index is 13.3. The lowest BCUT2D eigenvalue weighted by molar-refractivity contribution is -0.376. The summed E-state index contributed by atoms with van der Waals surface area (Å²) in [5.41, 5.74) is -6.56. The van der Waals surface area contributed by atoms with E-state index in [1.165, 1.54) is 31.2 Å². The Morgan fingerprint density at radius 3 is 2.18 bits per heavy atom. The summed E-state index contributed by atoms with van der Waals surface area (Å²) in [7, 11) is 0. The monoisotopic (exact) mass is 487 g/mol. The van der Waals surface area contributed by atoms with Crippen LogP contribution in [0.25, 0.3) is 0 Å². The van der Waals surface area contributed by atoms with Gasteiger partial charge in [-0.1, -0.05) is 42.3 Å². The van der Waals surface area contributed by atoms with Crippen LogP contribution in [0.15, 0.2) is 53.4 Å². The molecule has 0 fully saturated rings. The Bertz CT molecular complexity index is 1120. The van der Waals surface area contributed by atoms with Gasteiger partial charge in [-0.25, -0.2) is 0 Å². The number of amides is 1. The molecule has 0 bridgehead atoms. The number of alkyl halides is 6. The molecule has 1 aliphatic rings. The number of nitrogens with zero attached hydrogens (tertiary/aromatic N) is 1. The number of anilines is 1. The number of fused-ring (bicyclic) bond motifs is 1. The predicted octanol–water partition coefficient (Wildman–Crippen LogP) is 4.71. The number of carbonyl (C=O) groups excluding carboxylic acids is 2. The van der Waals surface area contributed by atoms with E-state index >= 15 is 0 Å². The van der Waals surface area contributed by atoms with Crippen LogP contribution in [0.4, 0.5) is 32.0 Å². The zero-order valence-electron chi connectivity index (χ0n) is 16.8. The number of carbonyl (C=O) groups is 2. The molecule has 1 unspecified atom stereocenters. The van der Waals surface area contributed by atoms with Gasteiger partial charge in [0.25, 0.3) is 17.3 Å². The number of aliphatic hydroxyl groups is 1. The Morgan fingerprint density at radius 1 is 1.03 bits per heavy atom. The molecule has 1 N–H and O–H groups in total. The number of hydrogen-bond donors (Lipinski definition) is 1. The average Bonchev–Trinajstić information content (AvgIpc) is 2.75. The molecule has 2 aromatic carbocycles. The van der Waals surface area contributed by atoms with E-state index in [-0.39, 0.29) is 22.7 Å². The molecule has 0 aromatic heterocycles. The minimum atomic E-state index is -6.06. The van der Waals surface area contributed by atoms with Crippen molar-refractivity contribution >= 4 is 29.1 Å². The maximum Gasteiger partial charge on any atom is 0.430 e. The molecular weight excluding hydrogens is 472 g/mol. The fourth-order valence-electron chi connectivity index (χ4n) is 3.26. The number of Topliss-reactive ketones (excluding diaryl/α,β-unsaturated/α-hetero) is 1. The van der Waals surface area contributed by atoms with Crippen molar-refractivity contribution in [1.82, 2.24) is 0 Å². The minimum absolute atomic E-state index is 0.0566. The van der Waals surface area contributed by atoms with Gasteiger partial charge in [0, 0.05) is 22.6 Å². The number of thioether (sulfide) groups is 1. The largest absolute Gasteiger partial charge is 0.430 e. The normalized spacial score (nSPS) is 16.5. The van der Waals surface area contributed by atoms with Crippen molar-refractivity contribution in [3.05, 3.63) is 59.7 Å². The Hall–Kier alpha value is -2.97. The van der Waals surface area contributed by atoms with Gasteiger partial charge in [-0.3, -0.25) is 9.59 Å². The van der Waals surface area contributed by atoms with Crippen molar-refractivity contribution in [2.45, 2.75) is 35.0 Å². The smallest absolute Gasteiger partial charge is 0.369 e. The number of hydrogen-bond acceptors (Lipinski definition) is 4. The third kappa shape index (κ3) is 4.45. The SMILES string of the molecule is CC#CC1CN(C(=O)C(=O)c2ccccc2)c2ccc(C(O)(C(F)(F)F)C(F)(F)F)cc2S1. The molecule has 1 amide bonds. The topological polar surface area (TPSA) is 57.6 Å². The van der Waals surface area contributed by atoms with Crippen molar-refractivity contribution in [3.8, 4) is 11.8 Å². The van der Waals surface area contributed by atoms with E-state index in [9.17, 15) is 41.0 Å². The summed E-state index contributed by atoms with van der Waals surface area (Å²) in [6.07, 6.45) is -12.1. The van der Waals surface area contributed by atoms with Gasteiger partial charge in [0.15, 0.2) is 0 Å². The van der Waals surface area contributed by atoms with E-state index in [0.717, 1.165) is 22.7 Å². The lowest BCUT2D eigenvalue weighted by Gasteiger charge is -2.35. The van der Waals surface area contributed by atoms with Gasteiger partial charge < -0.3 is 10.0 Å². The molecule has 174 valence electrons. The molecule has 0 saturated carbocycles. The third-order valence-corrected chi connectivity index (χ3v) is 6.02. The molecule has 0 aliphatic carbocycles. The van der Waals surface area contributed by atoms with Crippen LogP contribution in [0, 0.1) is 11.8 Å². The Balaban J connectivity index is 2.11. The number of ketones is 1. The Kier molecular flexibility index (Phi) is 6.55. The van der Waals surface area contributed by atoms with Crippen molar-refractivity contribution < 1.29 is 41.0 Å². The van der Waals surface area contributed by atoms with Crippen LogP contribution in [0.5, 0.6) is 0 Å². The number of rotatable bonds is 3. The van der Waals surface area contributed by atoms with Crippen molar-refractivity contribution in [1.29, 1.82) is 0 Å². The molecule has 0 radical (unpaired) electrons. The van der Waals surface area contributed by atoms with Crippen LogP contribution in [-0.2, 0) is 10.4 Å². The first-order chi connectivity index (χ1) is 15.3. The standard InChI is InChI=1S/C22H15F6NO3S/c1-2-6-15-12-29(19(31)18(30)13-7-4-3-5-8-13)16-10-9-14(11-17(16)33-15)20(32,21(23,24)25)22(26,27)28/h3-5,7-11,15,32H,12H2,1H3. The highest BCUT2D eigenvalue weighted by Crippen LogP contribution is 2.51. The van der Waals surface area contributed by atoms with E-state index in [1.54, 1.807) is 6.07 Å². The molecule has 3 rings (SSSR count). The summed E-state index contributed by atoms with van der Waals surface area (Å²) < 4.78 is 79.8. The van der Waals surface area contributed by atoms with E-state index in [4.69, 9.17) is 0 Å². The van der Waals surface area contributed by atoms with Gasteiger partial charge in [0.2, 0.25) is 0 Å². The molecule has 2 aromatic rings. The van der Waals surface area contributed by atoms with E-state index < -0.39 is 40.5 Å². The lowest BCUT2D eigenvalue weighted by Crippen LogP contribution is -2.54. The zero-order valence-corrected chi connectivity index (χ0v) is 17.6. The molecule has 0 saturated heterocycles. The van der Waals surface area contributed by atoms with Gasteiger partial charge in [-0.05, 0) is 19.1 Å². The van der Waals surface area contributed by atoms with Gasteiger partial charge in [0.05, 0.1) is 10.9 Å². The van der Waals surface area contributed by atoms with Gasteiger partial charge in [0.1, 0.15) is 0 Å². The predicted molar refractivity (Wildman–Crippen MR) is 109 cm³/mol. The Morgan fingerprint density at radius 2 is 1.64 bits per heavy atom. The first-order valence-electron chi connectivity index (χ1n) is 9.31. The second-order valence-corrected chi connectivity index (χ2v) is 8.24. The van der Waals surface area contributed by atoms with E-state index in [1.807, 2.05) is 0 Å². The van der Waals surface area contributed by atoms with E-state index in [2.05, 4.69) is 11.8 Å². The lowest BCUT2D eigenvalue weighted by atomic mass is 9.92. The van der Waals surface area contributed by atoms with Crippen LogP contribution >= 0.6 is 11.8 Å². The highest BCUT2D eigenvalue weighted by atomic mass is 32.2. The van der Waals surface area contributed by atoms with Crippen molar-refractivity contribution in [3.63, 3.8) is 0 Å². The number of benzene rings is 2. The highest BCUT2D eigenvalue weighted by molar-refractivity contribution is 8.00. The highest BCUT2D eigenvalue weighted by Gasteiger charge is 2.71. The molecule has 33 heavy (non-hydrogen) atoms. The average molecular weight is 487 g/mol. The summed E-state index contributed by atoms with van der Waals surface area (Å²) in [6, 6.07) is 9.33.